The number of ether oxygens (including phenoxy) is 2. The first-order valence-corrected chi connectivity index (χ1v) is 28.9. The number of hydrogen-bond acceptors (Lipinski definition) is 15. The molecular weight excluding hydrogens is 950 g/mol. The van der Waals surface area contributed by atoms with Gasteiger partial charge in [-0.1, -0.05) is 146 Å². The second-order valence-electron chi connectivity index (χ2n) is 18.2. The Kier molecular flexibility index (Phi) is 37.9. The monoisotopic (exact) mass is 1040 g/mol. The van der Waals surface area contributed by atoms with Crippen molar-refractivity contribution in [2.45, 2.75) is 242 Å². The predicted molar refractivity (Wildman–Crippen MR) is 267 cm³/mol. The van der Waals surface area contributed by atoms with E-state index in [1.165, 1.54) is 25.7 Å². The van der Waals surface area contributed by atoms with Crippen molar-refractivity contribution in [1.82, 2.24) is 0 Å². The van der Waals surface area contributed by atoms with Crippen molar-refractivity contribution in [2.24, 2.45) is 0 Å². The van der Waals surface area contributed by atoms with Crippen LogP contribution in [0.2, 0.25) is 0 Å². The van der Waals surface area contributed by atoms with Gasteiger partial charge in [-0.3, -0.25) is 23.2 Å². The fraction of sp³-hybridized carbons (Fsp3) is 0.800. The molecule has 1 aliphatic carbocycles. The van der Waals surface area contributed by atoms with Crippen LogP contribution in [0, 0.1) is 0 Å². The summed E-state index contributed by atoms with van der Waals surface area (Å²) in [5, 5.41) is 61.9. The van der Waals surface area contributed by atoms with Gasteiger partial charge in [-0.05, 0) is 77.0 Å². The number of rotatable bonds is 43. The highest BCUT2D eigenvalue weighted by Gasteiger charge is 2.54. The number of phosphoric ester groups is 2. The predicted octanol–water partition coefficient (Wildman–Crippen LogP) is 8.40. The minimum atomic E-state index is -5.39. The van der Waals surface area contributed by atoms with E-state index >= 15 is 0 Å². The second kappa shape index (κ2) is 40.3. The van der Waals surface area contributed by atoms with Gasteiger partial charge in [0.15, 0.2) is 6.10 Å². The lowest BCUT2D eigenvalue weighted by molar-refractivity contribution is -0.216. The van der Waals surface area contributed by atoms with Crippen LogP contribution in [0.4, 0.5) is 0 Å². The first-order chi connectivity index (χ1) is 33.4. The molecular formula is C50H90O18P2. The van der Waals surface area contributed by atoms with Gasteiger partial charge in [-0.25, -0.2) is 9.13 Å². The number of esters is 2. The van der Waals surface area contributed by atoms with Crippen LogP contribution in [0.1, 0.15) is 187 Å². The molecule has 1 aliphatic rings. The zero-order chi connectivity index (χ0) is 52.0. The largest absolute Gasteiger partial charge is 0.472 e. The molecule has 1 fully saturated rings. The van der Waals surface area contributed by atoms with Gasteiger partial charge in [0, 0.05) is 12.8 Å². The third-order valence-corrected chi connectivity index (χ3v) is 13.3. The molecule has 0 heterocycles. The molecule has 0 spiro atoms. The molecule has 20 heteroatoms. The number of unbranched alkanes of at least 4 members (excludes halogenated alkanes) is 17. The molecule has 0 aromatic heterocycles. The van der Waals surface area contributed by atoms with Crippen LogP contribution in [-0.4, -0.2) is 125 Å². The van der Waals surface area contributed by atoms with Crippen molar-refractivity contribution in [1.29, 1.82) is 0 Å². The molecule has 18 nitrogen and oxygen atoms in total. The Morgan fingerprint density at radius 1 is 0.514 bits per heavy atom. The van der Waals surface area contributed by atoms with Crippen LogP contribution < -0.4 is 0 Å². The zero-order valence-electron chi connectivity index (χ0n) is 41.9. The number of hydrogen-bond donors (Lipinski definition) is 9. The van der Waals surface area contributed by atoms with E-state index in [9.17, 15) is 64.0 Å². The van der Waals surface area contributed by atoms with E-state index in [4.69, 9.17) is 18.5 Å². The minimum Gasteiger partial charge on any atom is -0.462 e. The molecule has 10 atom stereocenters. The zero-order valence-corrected chi connectivity index (χ0v) is 43.7. The van der Waals surface area contributed by atoms with Gasteiger partial charge in [0.25, 0.3) is 0 Å². The van der Waals surface area contributed by atoms with Gasteiger partial charge in [0.05, 0.1) is 18.8 Å². The van der Waals surface area contributed by atoms with Crippen molar-refractivity contribution >= 4 is 27.6 Å². The van der Waals surface area contributed by atoms with E-state index in [-0.39, 0.29) is 12.8 Å². The van der Waals surface area contributed by atoms with Crippen LogP contribution >= 0.6 is 15.6 Å². The van der Waals surface area contributed by atoms with Crippen molar-refractivity contribution in [2.75, 3.05) is 13.2 Å². The standard InChI is InChI=1S/C50H90O18P2/c1-3-5-7-9-11-12-13-14-15-16-17-18-19-20-21-22-23-24-28-32-36-43(53)64-38-40(39-65-70(62,63)68-50-47(57)45(55)46(56)49(48(50)58)67-69(59,60)61)66-44(54)37-33-29-25-27-31-35-42(52)41(51)34-30-26-10-8-6-4-2/h12-13,15-16,18-19,26,30,40-42,45-52,55-58H,3-11,14,17,20-25,27-29,31-39H2,1-2H3,(H,62,63)(H2,59,60,61)/b13-12-,16-15-,19-18-,30-26-/t40-,41+,42+,45?,46?,47?,48?,49-,50+/m1/s1. The van der Waals surface area contributed by atoms with Crippen molar-refractivity contribution in [3.8, 4) is 0 Å². The molecule has 0 radical (unpaired) electrons. The Hall–Kier alpha value is -2.12. The molecule has 0 amide bonds. The van der Waals surface area contributed by atoms with Gasteiger partial charge >= 0.3 is 27.6 Å². The first kappa shape index (κ1) is 65.9. The van der Waals surface area contributed by atoms with Crippen molar-refractivity contribution < 1.29 is 87.1 Å². The SMILES string of the molecule is CCCCC/C=C\C[C@H](O)[C@@H](O)CCCCCCCC(=O)O[C@H](COC(=O)CCCCCCCC/C=C\C/C=C\C/C=C\CCCCCC)COP(=O)(O)O[C@H]1C(O)C(O)C(O)[C@@H](OP(=O)(O)O)C1O. The van der Waals surface area contributed by atoms with E-state index in [1.807, 2.05) is 12.2 Å². The number of carbonyl (C=O) groups excluding carboxylic acids is 2. The minimum absolute atomic E-state index is 0.0592. The van der Waals surface area contributed by atoms with Crippen LogP contribution in [0.5, 0.6) is 0 Å². The van der Waals surface area contributed by atoms with Crippen molar-refractivity contribution in [3.63, 3.8) is 0 Å². The lowest BCUT2D eigenvalue weighted by Gasteiger charge is -2.43. The lowest BCUT2D eigenvalue weighted by Crippen LogP contribution is -2.64. The number of carbonyl (C=O) groups is 2. The number of phosphoric acid groups is 2. The molecule has 0 saturated heterocycles. The Bertz CT molecular complexity index is 1570. The second-order valence-corrected chi connectivity index (χ2v) is 20.8. The number of aliphatic hydroxyl groups excluding tert-OH is 6. The summed E-state index contributed by atoms with van der Waals surface area (Å²) in [7, 11) is -10.7. The summed E-state index contributed by atoms with van der Waals surface area (Å²) in [6.07, 6.45) is 23.5. The summed E-state index contributed by atoms with van der Waals surface area (Å²) < 4.78 is 49.4. The maximum absolute atomic E-state index is 13.0. The molecule has 408 valence electrons. The maximum atomic E-state index is 13.0. The summed E-state index contributed by atoms with van der Waals surface area (Å²) in [6, 6.07) is 0. The Morgan fingerprint density at radius 3 is 1.54 bits per heavy atom. The summed E-state index contributed by atoms with van der Waals surface area (Å²) in [4.78, 5) is 54.4. The van der Waals surface area contributed by atoms with Crippen LogP contribution in [0.15, 0.2) is 48.6 Å². The summed E-state index contributed by atoms with van der Waals surface area (Å²) in [5.41, 5.74) is 0. The molecule has 0 aromatic carbocycles. The molecule has 9 N–H and O–H groups in total. The Balaban J connectivity index is 2.60. The normalized spacial score (nSPS) is 22.3. The highest BCUT2D eigenvalue weighted by molar-refractivity contribution is 7.47. The fourth-order valence-electron chi connectivity index (χ4n) is 7.64. The maximum Gasteiger partial charge on any atom is 0.472 e. The third kappa shape index (κ3) is 33.6. The van der Waals surface area contributed by atoms with Gasteiger partial charge in [0.2, 0.25) is 0 Å². The van der Waals surface area contributed by atoms with Gasteiger partial charge in [-0.15, -0.1) is 0 Å². The van der Waals surface area contributed by atoms with Gasteiger partial charge in [0.1, 0.15) is 43.2 Å². The van der Waals surface area contributed by atoms with Gasteiger partial charge in [-0.2, -0.15) is 0 Å². The van der Waals surface area contributed by atoms with Crippen LogP contribution in [0.3, 0.4) is 0 Å². The highest BCUT2D eigenvalue weighted by atomic mass is 31.2. The van der Waals surface area contributed by atoms with Crippen molar-refractivity contribution in [3.05, 3.63) is 48.6 Å². The van der Waals surface area contributed by atoms with E-state index in [0.29, 0.717) is 38.5 Å². The summed E-state index contributed by atoms with van der Waals surface area (Å²) in [6.45, 7) is 2.91. The summed E-state index contributed by atoms with van der Waals surface area (Å²) >= 11 is 0. The van der Waals surface area contributed by atoms with E-state index in [1.54, 1.807) is 0 Å². The average molecular weight is 1040 g/mol. The first-order valence-electron chi connectivity index (χ1n) is 25.8. The molecule has 70 heavy (non-hydrogen) atoms. The number of allylic oxidation sites excluding steroid dienone is 7. The van der Waals surface area contributed by atoms with E-state index in [2.05, 4.69) is 54.8 Å². The molecule has 5 unspecified atom stereocenters. The van der Waals surface area contributed by atoms with Crippen LogP contribution in [0.25, 0.3) is 0 Å². The van der Waals surface area contributed by atoms with E-state index in [0.717, 1.165) is 96.3 Å². The third-order valence-electron chi connectivity index (χ3n) is 11.8. The Labute approximate surface area is 417 Å². The van der Waals surface area contributed by atoms with E-state index < -0.39 is 95.7 Å². The topological polar surface area (TPSA) is 296 Å². The lowest BCUT2D eigenvalue weighted by atomic mass is 9.85. The summed E-state index contributed by atoms with van der Waals surface area (Å²) in [5.74, 6) is -1.33. The smallest absolute Gasteiger partial charge is 0.462 e. The number of aliphatic hydroxyl groups is 6. The highest BCUT2D eigenvalue weighted by Crippen LogP contribution is 2.49. The average Bonchev–Trinajstić information content (AvgIpc) is 3.31. The quantitative estimate of drug-likeness (QED) is 0.0120. The van der Waals surface area contributed by atoms with Gasteiger partial charge < -0.3 is 54.8 Å². The van der Waals surface area contributed by atoms with Crippen LogP contribution in [-0.2, 0) is 41.8 Å². The molecule has 1 saturated carbocycles. The molecule has 0 aromatic rings. The Morgan fingerprint density at radius 2 is 0.971 bits per heavy atom. The molecule has 1 rings (SSSR count). The fourth-order valence-corrected chi connectivity index (χ4v) is 9.18. The molecule has 0 aliphatic heterocycles. The molecule has 0 bridgehead atoms.